The quantitative estimate of drug-likeness (QED) is 0.854. The van der Waals surface area contributed by atoms with Crippen molar-refractivity contribution in [1.29, 1.82) is 0 Å². The van der Waals surface area contributed by atoms with Crippen molar-refractivity contribution in [3.05, 3.63) is 11.4 Å². The Morgan fingerprint density at radius 2 is 1.90 bits per heavy atom. The number of nitrogen functional groups attached to an aromatic ring is 1. The topological polar surface area (TPSA) is 64.3 Å². The highest BCUT2D eigenvalue weighted by atomic mass is 16.5. The summed E-state index contributed by atoms with van der Waals surface area (Å²) in [5.74, 6) is 2.31. The molecule has 0 amide bonds. The van der Waals surface area contributed by atoms with Gasteiger partial charge in [-0.1, -0.05) is 20.8 Å². The molecule has 1 aliphatic rings. The smallest absolute Gasteiger partial charge is 0.138 e. The van der Waals surface area contributed by atoms with E-state index in [1.54, 1.807) is 0 Å². The summed E-state index contributed by atoms with van der Waals surface area (Å²) in [6, 6.07) is 0. The normalized spacial score (nSPS) is 19.2. The first-order chi connectivity index (χ1) is 9.10. The van der Waals surface area contributed by atoms with Gasteiger partial charge in [0, 0.05) is 24.1 Å². The van der Waals surface area contributed by atoms with Crippen LogP contribution in [0.1, 0.15) is 46.0 Å². The van der Waals surface area contributed by atoms with E-state index in [4.69, 9.17) is 15.5 Å². The van der Waals surface area contributed by atoms with Crippen molar-refractivity contribution in [3.63, 3.8) is 0 Å². The number of nitrogens with zero attached hydrogens (tertiary/aromatic N) is 3. The third-order valence-electron chi connectivity index (χ3n) is 3.55. The number of anilines is 2. The maximum atomic E-state index is 6.08. The van der Waals surface area contributed by atoms with E-state index < -0.39 is 0 Å². The fourth-order valence-electron chi connectivity index (χ4n) is 2.36. The molecule has 2 N–H and O–H groups in total. The second-order valence-electron chi connectivity index (χ2n) is 7.16. The minimum absolute atomic E-state index is 0.113. The highest BCUT2D eigenvalue weighted by Crippen LogP contribution is 2.29. The largest absolute Gasteiger partial charge is 0.383 e. The number of nitrogens with two attached hydrogens (primary N) is 1. The number of hydrogen-bond acceptors (Lipinski definition) is 5. The maximum Gasteiger partial charge on any atom is 0.138 e. The van der Waals surface area contributed by atoms with E-state index in [1.165, 1.54) is 0 Å². The SMILES string of the molecule is Cc1c(N)nc(C(C)(C)C)nc1N1CCOC(C)(C)C1. The van der Waals surface area contributed by atoms with E-state index in [2.05, 4.69) is 44.5 Å². The van der Waals surface area contributed by atoms with E-state index in [0.717, 1.165) is 30.3 Å². The standard InChI is InChI=1S/C15H26N4O/c1-10-11(16)17-13(14(2,3)4)18-12(10)19-7-8-20-15(5,6)9-19/h7-9H2,1-6H3,(H2,16,17,18). The third-order valence-corrected chi connectivity index (χ3v) is 3.55. The summed E-state index contributed by atoms with van der Waals surface area (Å²) in [5, 5.41) is 0. The van der Waals surface area contributed by atoms with Gasteiger partial charge in [-0.2, -0.15) is 0 Å². The molecular weight excluding hydrogens is 252 g/mol. The Bertz CT molecular complexity index is 505. The molecule has 5 nitrogen and oxygen atoms in total. The van der Waals surface area contributed by atoms with E-state index in [-0.39, 0.29) is 11.0 Å². The fourth-order valence-corrected chi connectivity index (χ4v) is 2.36. The van der Waals surface area contributed by atoms with E-state index in [0.29, 0.717) is 12.4 Å². The lowest BCUT2D eigenvalue weighted by molar-refractivity contribution is -0.0279. The van der Waals surface area contributed by atoms with Gasteiger partial charge in [0.25, 0.3) is 0 Å². The Hall–Kier alpha value is -1.36. The Kier molecular flexibility index (Phi) is 3.67. The summed E-state index contributed by atoms with van der Waals surface area (Å²) in [5.41, 5.74) is 6.76. The first kappa shape index (κ1) is 15.0. The predicted octanol–water partition coefficient (Wildman–Crippen LogP) is 2.28. The second kappa shape index (κ2) is 4.88. The van der Waals surface area contributed by atoms with Crippen molar-refractivity contribution in [2.75, 3.05) is 30.3 Å². The van der Waals surface area contributed by atoms with Gasteiger partial charge in [-0.25, -0.2) is 9.97 Å². The van der Waals surface area contributed by atoms with Crippen LogP contribution in [0.25, 0.3) is 0 Å². The number of rotatable bonds is 1. The van der Waals surface area contributed by atoms with Crippen LogP contribution >= 0.6 is 0 Å². The van der Waals surface area contributed by atoms with Crippen LogP contribution in [0.3, 0.4) is 0 Å². The predicted molar refractivity (Wildman–Crippen MR) is 82.1 cm³/mol. The van der Waals surface area contributed by atoms with Gasteiger partial charge in [0.05, 0.1) is 12.2 Å². The molecule has 20 heavy (non-hydrogen) atoms. The van der Waals surface area contributed by atoms with Crippen molar-refractivity contribution in [2.24, 2.45) is 0 Å². The van der Waals surface area contributed by atoms with Gasteiger partial charge in [-0.05, 0) is 20.8 Å². The highest BCUT2D eigenvalue weighted by molar-refractivity contribution is 5.57. The molecule has 5 heteroatoms. The molecule has 0 aromatic carbocycles. The molecule has 1 fully saturated rings. The minimum atomic E-state index is -0.160. The van der Waals surface area contributed by atoms with Gasteiger partial charge < -0.3 is 15.4 Å². The van der Waals surface area contributed by atoms with Crippen molar-refractivity contribution in [3.8, 4) is 0 Å². The van der Waals surface area contributed by atoms with Crippen molar-refractivity contribution in [1.82, 2.24) is 9.97 Å². The zero-order valence-corrected chi connectivity index (χ0v) is 13.4. The van der Waals surface area contributed by atoms with Gasteiger partial charge in [0.1, 0.15) is 17.5 Å². The van der Waals surface area contributed by atoms with Crippen LogP contribution in [-0.2, 0) is 10.2 Å². The van der Waals surface area contributed by atoms with Crippen LogP contribution in [0.5, 0.6) is 0 Å². The van der Waals surface area contributed by atoms with Crippen LogP contribution in [0.2, 0.25) is 0 Å². The maximum absolute atomic E-state index is 6.08. The highest BCUT2D eigenvalue weighted by Gasteiger charge is 2.30. The monoisotopic (exact) mass is 278 g/mol. The molecule has 0 spiro atoms. The molecule has 0 radical (unpaired) electrons. The molecular formula is C15H26N4O. The number of hydrogen-bond donors (Lipinski definition) is 1. The molecule has 2 rings (SSSR count). The average Bonchev–Trinajstić information content (AvgIpc) is 2.29. The number of morpholine rings is 1. The molecule has 0 atom stereocenters. The molecule has 112 valence electrons. The van der Waals surface area contributed by atoms with Crippen molar-refractivity contribution < 1.29 is 4.74 Å². The minimum Gasteiger partial charge on any atom is -0.383 e. The molecule has 1 aliphatic heterocycles. The van der Waals surface area contributed by atoms with Gasteiger partial charge >= 0.3 is 0 Å². The molecule has 2 heterocycles. The van der Waals surface area contributed by atoms with E-state index in [1.807, 2.05) is 6.92 Å². The molecule has 1 aromatic heterocycles. The lowest BCUT2D eigenvalue weighted by Gasteiger charge is -2.39. The zero-order valence-electron chi connectivity index (χ0n) is 13.4. The fraction of sp³-hybridized carbons (Fsp3) is 0.733. The summed E-state index contributed by atoms with van der Waals surface area (Å²) < 4.78 is 5.77. The lowest BCUT2D eigenvalue weighted by atomic mass is 9.95. The average molecular weight is 278 g/mol. The second-order valence-corrected chi connectivity index (χ2v) is 7.16. The zero-order chi connectivity index (χ0) is 15.1. The van der Waals surface area contributed by atoms with Crippen LogP contribution in [0.4, 0.5) is 11.6 Å². The van der Waals surface area contributed by atoms with Crippen LogP contribution in [0, 0.1) is 6.92 Å². The Labute approximate surface area is 121 Å². The van der Waals surface area contributed by atoms with Gasteiger partial charge in [-0.3, -0.25) is 0 Å². The molecule has 1 saturated heterocycles. The van der Waals surface area contributed by atoms with Crippen molar-refractivity contribution >= 4 is 11.6 Å². The number of ether oxygens (including phenoxy) is 1. The Morgan fingerprint density at radius 1 is 1.25 bits per heavy atom. The summed E-state index contributed by atoms with van der Waals surface area (Å²) in [6.07, 6.45) is 0. The van der Waals surface area contributed by atoms with Crippen LogP contribution < -0.4 is 10.6 Å². The molecule has 1 aromatic rings. The third kappa shape index (κ3) is 3.03. The first-order valence-corrected chi connectivity index (χ1v) is 7.14. The summed E-state index contributed by atoms with van der Waals surface area (Å²) >= 11 is 0. The summed E-state index contributed by atoms with van der Waals surface area (Å²) in [4.78, 5) is 11.5. The first-order valence-electron chi connectivity index (χ1n) is 7.14. The van der Waals surface area contributed by atoms with Gasteiger partial charge in [-0.15, -0.1) is 0 Å². The lowest BCUT2D eigenvalue weighted by Crippen LogP contribution is -2.49. The molecule has 0 bridgehead atoms. The van der Waals surface area contributed by atoms with E-state index in [9.17, 15) is 0 Å². The summed E-state index contributed by atoms with van der Waals surface area (Å²) in [7, 11) is 0. The summed E-state index contributed by atoms with van der Waals surface area (Å²) in [6.45, 7) is 14.9. The Morgan fingerprint density at radius 3 is 2.45 bits per heavy atom. The van der Waals surface area contributed by atoms with Gasteiger partial charge in [0.15, 0.2) is 0 Å². The Balaban J connectivity index is 2.43. The molecule has 0 unspecified atom stereocenters. The van der Waals surface area contributed by atoms with Crippen molar-refractivity contribution in [2.45, 2.75) is 52.6 Å². The van der Waals surface area contributed by atoms with Gasteiger partial charge in [0.2, 0.25) is 0 Å². The number of aromatic nitrogens is 2. The molecule has 0 aliphatic carbocycles. The van der Waals surface area contributed by atoms with Crippen LogP contribution in [-0.4, -0.2) is 35.3 Å². The van der Waals surface area contributed by atoms with Crippen LogP contribution in [0.15, 0.2) is 0 Å². The van der Waals surface area contributed by atoms with E-state index >= 15 is 0 Å². The molecule has 0 saturated carbocycles.